The molecule has 0 fully saturated rings. The lowest BCUT2D eigenvalue weighted by atomic mass is 9.99. The molecular formula is C22H14Cl2N4O. The summed E-state index contributed by atoms with van der Waals surface area (Å²) < 4.78 is 1.79. The quantitative estimate of drug-likeness (QED) is 0.483. The molecule has 0 spiro atoms. The molecule has 2 heterocycles. The zero-order valence-corrected chi connectivity index (χ0v) is 16.8. The van der Waals surface area contributed by atoms with Gasteiger partial charge in [-0.25, -0.2) is 4.68 Å². The van der Waals surface area contributed by atoms with Crippen molar-refractivity contribution in [3.05, 3.63) is 92.5 Å². The summed E-state index contributed by atoms with van der Waals surface area (Å²) in [5.74, 6) is 0. The van der Waals surface area contributed by atoms with E-state index in [1.165, 1.54) is 0 Å². The maximum Gasteiger partial charge on any atom is 0.266 e. The summed E-state index contributed by atoms with van der Waals surface area (Å²) >= 11 is 12.5. The molecule has 0 unspecified atom stereocenters. The lowest BCUT2D eigenvalue weighted by molar-refractivity contribution is 0.847. The number of pyridine rings is 1. The number of hydrogen-bond donors (Lipinski definition) is 1. The average molecular weight is 421 g/mol. The van der Waals surface area contributed by atoms with Crippen LogP contribution in [-0.2, 0) is 0 Å². The van der Waals surface area contributed by atoms with Crippen LogP contribution in [0.25, 0.3) is 28.1 Å². The number of nitrogens with one attached hydrogen (secondary N) is 1. The Balaban J connectivity index is 1.93. The molecule has 0 aliphatic heterocycles. The molecule has 0 saturated carbocycles. The van der Waals surface area contributed by atoms with E-state index in [1.807, 2.05) is 43.3 Å². The number of hydrogen-bond acceptors (Lipinski definition) is 3. The summed E-state index contributed by atoms with van der Waals surface area (Å²) in [5.41, 5.74) is 3.47. The molecule has 0 aliphatic rings. The molecule has 0 atom stereocenters. The third-order valence-corrected chi connectivity index (χ3v) is 5.51. The predicted octanol–water partition coefficient (Wildman–Crippen LogP) is 5.38. The molecule has 0 saturated heterocycles. The first-order valence-corrected chi connectivity index (χ1v) is 9.49. The zero-order chi connectivity index (χ0) is 20.5. The smallest absolute Gasteiger partial charge is 0.266 e. The highest BCUT2D eigenvalue weighted by Gasteiger charge is 2.18. The van der Waals surface area contributed by atoms with E-state index in [0.717, 1.165) is 16.9 Å². The maximum atomic E-state index is 12.6. The van der Waals surface area contributed by atoms with E-state index in [1.54, 1.807) is 35.1 Å². The number of nitriles is 1. The fourth-order valence-corrected chi connectivity index (χ4v) is 3.65. The molecule has 0 bridgehead atoms. The van der Waals surface area contributed by atoms with Crippen molar-refractivity contribution in [2.24, 2.45) is 0 Å². The Bertz CT molecular complexity index is 1320. The van der Waals surface area contributed by atoms with Gasteiger partial charge in [-0.1, -0.05) is 53.5 Å². The number of rotatable bonds is 3. The minimum absolute atomic E-state index is 0.0222. The molecule has 4 aromatic rings. The van der Waals surface area contributed by atoms with Gasteiger partial charge in [0.1, 0.15) is 11.6 Å². The van der Waals surface area contributed by atoms with Crippen LogP contribution in [0.5, 0.6) is 0 Å². The van der Waals surface area contributed by atoms with Crippen LogP contribution in [0.15, 0.2) is 65.6 Å². The molecule has 142 valence electrons. The predicted molar refractivity (Wildman–Crippen MR) is 115 cm³/mol. The number of H-pyrrole nitrogens is 1. The Morgan fingerprint density at radius 3 is 2.52 bits per heavy atom. The van der Waals surface area contributed by atoms with Crippen LogP contribution >= 0.6 is 23.2 Å². The zero-order valence-electron chi connectivity index (χ0n) is 15.3. The summed E-state index contributed by atoms with van der Waals surface area (Å²) in [5, 5.41) is 14.6. The maximum absolute atomic E-state index is 12.6. The number of nitrogens with zero attached hydrogens (tertiary/aromatic N) is 3. The normalized spacial score (nSPS) is 10.7. The molecule has 4 rings (SSSR count). The van der Waals surface area contributed by atoms with Gasteiger partial charge in [0.05, 0.1) is 33.3 Å². The first-order chi connectivity index (χ1) is 14.0. The second kappa shape index (κ2) is 7.59. The Morgan fingerprint density at radius 1 is 1.03 bits per heavy atom. The monoisotopic (exact) mass is 420 g/mol. The van der Waals surface area contributed by atoms with Crippen molar-refractivity contribution in [2.75, 3.05) is 0 Å². The van der Waals surface area contributed by atoms with E-state index < -0.39 is 5.56 Å². The van der Waals surface area contributed by atoms with Gasteiger partial charge in [0.25, 0.3) is 5.56 Å². The Labute approximate surface area is 176 Å². The number of benzene rings is 2. The summed E-state index contributed by atoms with van der Waals surface area (Å²) in [6.45, 7) is 1.91. The molecule has 5 nitrogen and oxygen atoms in total. The van der Waals surface area contributed by atoms with Crippen LogP contribution in [0.2, 0.25) is 10.0 Å². The highest BCUT2D eigenvalue weighted by molar-refractivity contribution is 6.43. The van der Waals surface area contributed by atoms with E-state index in [0.29, 0.717) is 26.9 Å². The van der Waals surface area contributed by atoms with Crippen LogP contribution in [0, 0.1) is 18.3 Å². The molecule has 1 N–H and O–H groups in total. The molecule has 29 heavy (non-hydrogen) atoms. The number of para-hydroxylation sites is 1. The summed E-state index contributed by atoms with van der Waals surface area (Å²) in [6.07, 6.45) is 1.68. The summed E-state index contributed by atoms with van der Waals surface area (Å²) in [6, 6.07) is 18.5. The number of halogens is 2. The lowest BCUT2D eigenvalue weighted by Gasteiger charge is -2.10. The third kappa shape index (κ3) is 3.33. The van der Waals surface area contributed by atoms with Crippen LogP contribution in [-0.4, -0.2) is 14.8 Å². The van der Waals surface area contributed by atoms with Crippen molar-refractivity contribution >= 4 is 23.2 Å². The van der Waals surface area contributed by atoms with E-state index >= 15 is 0 Å². The second-order valence-corrected chi connectivity index (χ2v) is 7.19. The highest BCUT2D eigenvalue weighted by Crippen LogP contribution is 2.36. The van der Waals surface area contributed by atoms with Gasteiger partial charge in [0, 0.05) is 16.7 Å². The van der Waals surface area contributed by atoms with Crippen molar-refractivity contribution in [1.82, 2.24) is 14.8 Å². The topological polar surface area (TPSA) is 74.5 Å². The van der Waals surface area contributed by atoms with Gasteiger partial charge >= 0.3 is 0 Å². The summed E-state index contributed by atoms with van der Waals surface area (Å²) in [7, 11) is 0. The SMILES string of the molecule is Cc1c(-c2cc(-c3cccc(Cl)c3Cl)c(C#N)c(=O)[nH]2)cnn1-c1ccccc1. The minimum Gasteiger partial charge on any atom is -0.321 e. The van der Waals surface area contributed by atoms with Crippen LogP contribution in [0.4, 0.5) is 0 Å². The fourth-order valence-electron chi connectivity index (χ4n) is 3.24. The molecule has 2 aromatic heterocycles. The number of aromatic amines is 1. The van der Waals surface area contributed by atoms with E-state index in [-0.39, 0.29) is 5.56 Å². The largest absolute Gasteiger partial charge is 0.321 e. The number of aromatic nitrogens is 3. The molecule has 0 amide bonds. The van der Waals surface area contributed by atoms with Gasteiger partial charge < -0.3 is 4.98 Å². The van der Waals surface area contributed by atoms with Crippen molar-refractivity contribution in [2.45, 2.75) is 6.92 Å². The van der Waals surface area contributed by atoms with Gasteiger partial charge in [-0.3, -0.25) is 4.79 Å². The van der Waals surface area contributed by atoms with Gasteiger partial charge in [-0.2, -0.15) is 10.4 Å². The summed E-state index contributed by atoms with van der Waals surface area (Å²) in [4.78, 5) is 15.4. The van der Waals surface area contributed by atoms with Crippen LogP contribution in [0.3, 0.4) is 0 Å². The van der Waals surface area contributed by atoms with Crippen molar-refractivity contribution in [3.8, 4) is 34.1 Å². The average Bonchev–Trinajstić information content (AvgIpc) is 3.11. The first kappa shape index (κ1) is 19.0. The van der Waals surface area contributed by atoms with Gasteiger partial charge in [-0.15, -0.1) is 0 Å². The molecule has 0 aliphatic carbocycles. The van der Waals surface area contributed by atoms with Crippen LogP contribution < -0.4 is 5.56 Å². The molecular weight excluding hydrogens is 407 g/mol. The lowest BCUT2D eigenvalue weighted by Crippen LogP contribution is -2.13. The highest BCUT2D eigenvalue weighted by atomic mass is 35.5. The van der Waals surface area contributed by atoms with Gasteiger partial charge in [0.2, 0.25) is 0 Å². The molecule has 2 aromatic carbocycles. The Morgan fingerprint density at radius 2 is 1.79 bits per heavy atom. The van der Waals surface area contributed by atoms with Crippen LogP contribution in [0.1, 0.15) is 11.3 Å². The van der Waals surface area contributed by atoms with Gasteiger partial charge in [-0.05, 0) is 31.2 Å². The third-order valence-electron chi connectivity index (χ3n) is 4.69. The second-order valence-electron chi connectivity index (χ2n) is 6.41. The fraction of sp³-hybridized carbons (Fsp3) is 0.0455. The van der Waals surface area contributed by atoms with E-state index in [9.17, 15) is 10.1 Å². The van der Waals surface area contributed by atoms with Gasteiger partial charge in [0.15, 0.2) is 0 Å². The molecule has 7 heteroatoms. The standard InChI is InChI=1S/C22H14Cl2N4O/c1-13-18(12-26-28(13)14-6-3-2-4-7-14)20-10-16(17(11-25)22(29)27-20)15-8-5-9-19(23)21(15)24/h2-10,12H,1H3,(H,27,29). The molecule has 0 radical (unpaired) electrons. The van der Waals surface area contributed by atoms with Crippen molar-refractivity contribution < 1.29 is 0 Å². The van der Waals surface area contributed by atoms with Crippen molar-refractivity contribution in [1.29, 1.82) is 5.26 Å². The van der Waals surface area contributed by atoms with Crippen molar-refractivity contribution in [3.63, 3.8) is 0 Å². The Kier molecular flexibility index (Phi) is 4.98. The first-order valence-electron chi connectivity index (χ1n) is 8.73. The van der Waals surface area contributed by atoms with E-state index in [2.05, 4.69) is 10.1 Å². The Hall–Kier alpha value is -3.33. The minimum atomic E-state index is -0.497. The van der Waals surface area contributed by atoms with E-state index in [4.69, 9.17) is 23.2 Å².